The highest BCUT2D eigenvalue weighted by Gasteiger charge is 2.40. The number of ether oxygens (including phenoxy) is 3. The molecule has 4 atom stereocenters. The number of hydrogen-bond acceptors (Lipinski definition) is 7. The number of nitrogens with zero attached hydrogens (tertiary/aromatic N) is 1. The van der Waals surface area contributed by atoms with Gasteiger partial charge < -0.3 is 24.2 Å². The van der Waals surface area contributed by atoms with Gasteiger partial charge in [-0.1, -0.05) is 23.7 Å². The first kappa shape index (κ1) is 30.4. The van der Waals surface area contributed by atoms with Gasteiger partial charge in [-0.15, -0.1) is 0 Å². The Morgan fingerprint density at radius 3 is 2.67 bits per heavy atom. The van der Waals surface area contributed by atoms with Gasteiger partial charge in [0, 0.05) is 18.1 Å². The molecule has 1 aliphatic heterocycles. The number of carbonyl (C=O) groups is 2. The molecule has 8 heteroatoms. The van der Waals surface area contributed by atoms with Gasteiger partial charge in [-0.3, -0.25) is 4.79 Å². The zero-order valence-electron chi connectivity index (χ0n) is 24.6. The van der Waals surface area contributed by atoms with E-state index in [1.165, 1.54) is 12.7 Å². The number of benzene rings is 2. The fraction of sp³-hybridized carbons (Fsp3) is 0.529. The third-order valence-corrected chi connectivity index (χ3v) is 9.41. The molecule has 2 aromatic carbocycles. The molecule has 5 rings (SSSR count). The van der Waals surface area contributed by atoms with Crippen molar-refractivity contribution in [1.29, 1.82) is 0 Å². The van der Waals surface area contributed by atoms with E-state index in [-0.39, 0.29) is 23.8 Å². The SMILES string of the molecule is CCOC(=O)C1CC=C([C@@H](O)[C@@H]2CC[C@H]2CN2CCCCc3cc(Cl)ccc3COc3ccc(C(=O)OC)cc32)CC1. The Morgan fingerprint density at radius 1 is 1.10 bits per heavy atom. The summed E-state index contributed by atoms with van der Waals surface area (Å²) in [5.74, 6) is 0.560. The molecule has 0 aromatic heterocycles. The summed E-state index contributed by atoms with van der Waals surface area (Å²) in [6.07, 6.45) is 8.52. The Labute approximate surface area is 253 Å². The molecule has 1 saturated carbocycles. The molecule has 1 heterocycles. The van der Waals surface area contributed by atoms with Crippen molar-refractivity contribution in [2.24, 2.45) is 17.8 Å². The minimum absolute atomic E-state index is 0.112. The van der Waals surface area contributed by atoms with Crippen LogP contribution in [0.2, 0.25) is 5.02 Å². The van der Waals surface area contributed by atoms with E-state index in [1.54, 1.807) is 6.07 Å². The Hall–Kier alpha value is -3.03. The largest absolute Gasteiger partial charge is 0.487 e. The first-order valence-corrected chi connectivity index (χ1v) is 15.7. The van der Waals surface area contributed by atoms with Crippen LogP contribution in [0.4, 0.5) is 5.69 Å². The average Bonchev–Trinajstić information content (AvgIpc) is 3.02. The highest BCUT2D eigenvalue weighted by atomic mass is 35.5. The number of carbonyl (C=O) groups excluding carboxylic acids is 2. The highest BCUT2D eigenvalue weighted by molar-refractivity contribution is 6.30. The summed E-state index contributed by atoms with van der Waals surface area (Å²) in [5.41, 5.74) is 4.74. The van der Waals surface area contributed by atoms with E-state index in [0.717, 1.165) is 85.6 Å². The van der Waals surface area contributed by atoms with E-state index in [1.807, 2.05) is 37.3 Å². The molecule has 226 valence electrons. The van der Waals surface area contributed by atoms with Crippen LogP contribution in [0.15, 0.2) is 48.0 Å². The van der Waals surface area contributed by atoms with Crippen molar-refractivity contribution in [2.75, 3.05) is 31.7 Å². The van der Waals surface area contributed by atoms with Crippen LogP contribution in [0.1, 0.15) is 73.4 Å². The van der Waals surface area contributed by atoms with Gasteiger partial charge in [0.05, 0.1) is 37.0 Å². The van der Waals surface area contributed by atoms with Crippen molar-refractivity contribution in [1.82, 2.24) is 0 Å². The van der Waals surface area contributed by atoms with Gasteiger partial charge in [-0.25, -0.2) is 4.79 Å². The standard InChI is InChI=1S/C34H42ClNO6/c1-3-41-34(39)23-9-7-22(8-10-23)32(37)29-15-12-26(29)20-36-17-5-4-6-24-18-28(35)14-11-27(24)21-42-31-16-13-25(19-30(31)36)33(38)40-2/h7,11,13-14,16,18-19,23,26,29,32,37H,3-6,8-10,12,15,17,20-21H2,1-2H3/t23?,26-,29+,32+/m0/s1. The Bertz CT molecular complexity index is 1310. The van der Waals surface area contributed by atoms with Crippen LogP contribution in [0.3, 0.4) is 0 Å². The third-order valence-electron chi connectivity index (χ3n) is 9.18. The van der Waals surface area contributed by atoms with Gasteiger partial charge >= 0.3 is 11.9 Å². The van der Waals surface area contributed by atoms with Crippen molar-refractivity contribution >= 4 is 29.2 Å². The first-order chi connectivity index (χ1) is 20.4. The lowest BCUT2D eigenvalue weighted by molar-refractivity contribution is -0.148. The Morgan fingerprint density at radius 2 is 1.95 bits per heavy atom. The third kappa shape index (κ3) is 6.95. The zero-order chi connectivity index (χ0) is 29.6. The van der Waals surface area contributed by atoms with Gasteiger partial charge in [-0.05, 0) is 117 Å². The second-order valence-corrected chi connectivity index (χ2v) is 12.2. The van der Waals surface area contributed by atoms with Gasteiger partial charge in [0.2, 0.25) is 0 Å². The van der Waals surface area contributed by atoms with Gasteiger partial charge in [0.25, 0.3) is 0 Å². The van der Waals surface area contributed by atoms with Crippen molar-refractivity contribution in [3.05, 3.63) is 69.8 Å². The van der Waals surface area contributed by atoms with Crippen molar-refractivity contribution in [3.8, 4) is 5.75 Å². The maximum absolute atomic E-state index is 12.5. The number of anilines is 1. The number of allylic oxidation sites excluding steroid dienone is 1. The lowest BCUT2D eigenvalue weighted by Crippen LogP contribution is -2.44. The second kappa shape index (κ2) is 14.0. The summed E-state index contributed by atoms with van der Waals surface area (Å²) < 4.78 is 16.6. The molecule has 2 aromatic rings. The van der Waals surface area contributed by atoms with E-state index < -0.39 is 6.10 Å². The molecule has 3 aliphatic rings. The fourth-order valence-corrected chi connectivity index (χ4v) is 6.77. The number of hydrogen-bond donors (Lipinski definition) is 1. The molecular weight excluding hydrogens is 554 g/mol. The number of esters is 2. The number of aliphatic hydroxyl groups excluding tert-OH is 1. The number of methoxy groups -OCH3 is 1. The van der Waals surface area contributed by atoms with Crippen LogP contribution < -0.4 is 9.64 Å². The zero-order valence-corrected chi connectivity index (χ0v) is 25.4. The van der Waals surface area contributed by atoms with Crippen LogP contribution in [-0.4, -0.2) is 50.0 Å². The molecule has 1 fully saturated rings. The van der Waals surface area contributed by atoms with Crippen LogP contribution in [0.5, 0.6) is 5.75 Å². The van der Waals surface area contributed by atoms with Gasteiger partial charge in [0.1, 0.15) is 12.4 Å². The Balaban J connectivity index is 1.35. The Kier molecular flexibility index (Phi) is 10.1. The van der Waals surface area contributed by atoms with Crippen molar-refractivity contribution < 1.29 is 28.9 Å². The van der Waals surface area contributed by atoms with Crippen LogP contribution in [0, 0.1) is 17.8 Å². The molecule has 42 heavy (non-hydrogen) atoms. The minimum Gasteiger partial charge on any atom is -0.487 e. The summed E-state index contributed by atoms with van der Waals surface area (Å²) in [7, 11) is 1.39. The molecule has 2 aliphatic carbocycles. The van der Waals surface area contributed by atoms with Gasteiger partial charge in [0.15, 0.2) is 0 Å². The number of fused-ring (bicyclic) bond motifs is 2. The summed E-state index contributed by atoms with van der Waals surface area (Å²) in [6.45, 7) is 4.21. The van der Waals surface area contributed by atoms with Crippen molar-refractivity contribution in [3.63, 3.8) is 0 Å². The van der Waals surface area contributed by atoms with E-state index in [4.69, 9.17) is 25.8 Å². The van der Waals surface area contributed by atoms with Crippen LogP contribution >= 0.6 is 11.6 Å². The maximum Gasteiger partial charge on any atom is 0.337 e. The van der Waals surface area contributed by atoms with E-state index in [0.29, 0.717) is 31.1 Å². The molecule has 1 N–H and O–H groups in total. The topological polar surface area (TPSA) is 85.3 Å². The van der Waals surface area contributed by atoms with Crippen molar-refractivity contribution in [2.45, 2.75) is 71.0 Å². The number of aryl methyl sites for hydroxylation is 1. The molecule has 0 bridgehead atoms. The average molecular weight is 596 g/mol. The normalized spacial score (nSPS) is 23.1. The van der Waals surface area contributed by atoms with Crippen LogP contribution in [-0.2, 0) is 27.3 Å². The lowest BCUT2D eigenvalue weighted by Gasteiger charge is -2.44. The first-order valence-electron chi connectivity index (χ1n) is 15.3. The summed E-state index contributed by atoms with van der Waals surface area (Å²) in [6, 6.07) is 11.5. The van der Waals surface area contributed by atoms with E-state index >= 15 is 0 Å². The number of aliphatic hydroxyl groups is 1. The smallest absolute Gasteiger partial charge is 0.337 e. The summed E-state index contributed by atoms with van der Waals surface area (Å²) in [4.78, 5) is 27.0. The number of rotatable bonds is 7. The molecule has 1 unspecified atom stereocenters. The van der Waals surface area contributed by atoms with E-state index in [2.05, 4.69) is 11.0 Å². The number of halogens is 1. The molecule has 0 spiro atoms. The molecular formula is C34H42ClNO6. The molecule has 0 amide bonds. The molecule has 0 radical (unpaired) electrons. The predicted molar refractivity (Wildman–Crippen MR) is 163 cm³/mol. The minimum atomic E-state index is -0.507. The highest BCUT2D eigenvalue weighted by Crippen LogP contribution is 2.43. The molecule has 0 saturated heterocycles. The van der Waals surface area contributed by atoms with Crippen LogP contribution in [0.25, 0.3) is 0 Å². The monoisotopic (exact) mass is 595 g/mol. The molecule has 7 nitrogen and oxygen atoms in total. The second-order valence-electron chi connectivity index (χ2n) is 11.7. The maximum atomic E-state index is 12.5. The summed E-state index contributed by atoms with van der Waals surface area (Å²) in [5, 5.41) is 12.1. The fourth-order valence-electron chi connectivity index (χ4n) is 6.58. The summed E-state index contributed by atoms with van der Waals surface area (Å²) >= 11 is 6.31. The quantitative estimate of drug-likeness (QED) is 0.288. The predicted octanol–water partition coefficient (Wildman–Crippen LogP) is 6.53. The van der Waals surface area contributed by atoms with E-state index in [9.17, 15) is 14.7 Å². The van der Waals surface area contributed by atoms with Gasteiger partial charge in [-0.2, -0.15) is 0 Å². The lowest BCUT2D eigenvalue weighted by atomic mass is 9.67.